The van der Waals surface area contributed by atoms with Gasteiger partial charge in [0.25, 0.3) is 0 Å². The third-order valence-electron chi connectivity index (χ3n) is 2.53. The summed E-state index contributed by atoms with van der Waals surface area (Å²) in [5.41, 5.74) is 6.48. The van der Waals surface area contributed by atoms with Gasteiger partial charge in [-0.3, -0.25) is 4.79 Å². The molecule has 4 nitrogen and oxygen atoms in total. The Morgan fingerprint density at radius 1 is 1.50 bits per heavy atom. The minimum atomic E-state index is -1.40. The zero-order chi connectivity index (χ0) is 13.9. The monoisotopic (exact) mass is 273 g/mol. The zero-order valence-corrected chi connectivity index (χ0v) is 11.0. The van der Waals surface area contributed by atoms with Crippen molar-refractivity contribution in [3.05, 3.63) is 29.1 Å². The fraction of sp³-hybridized carbons (Fsp3) is 0.417. The van der Waals surface area contributed by atoms with Gasteiger partial charge in [-0.25, -0.2) is 4.39 Å². The van der Waals surface area contributed by atoms with Gasteiger partial charge in [-0.15, -0.1) is 0 Å². The summed E-state index contributed by atoms with van der Waals surface area (Å²) in [7, 11) is 0. The first-order valence-corrected chi connectivity index (χ1v) is 6.36. The van der Waals surface area contributed by atoms with Gasteiger partial charge < -0.3 is 15.9 Å². The van der Waals surface area contributed by atoms with Gasteiger partial charge in [0.1, 0.15) is 11.9 Å². The normalized spacial score (nSPS) is 14.3. The first-order chi connectivity index (χ1) is 8.32. The molecular formula is C12H16FNO3S. The third-order valence-corrected chi connectivity index (χ3v) is 3.44. The second kappa shape index (κ2) is 6.17. The van der Waals surface area contributed by atoms with Crippen molar-refractivity contribution in [2.75, 3.05) is 11.5 Å². The number of halogens is 1. The van der Waals surface area contributed by atoms with Crippen molar-refractivity contribution in [1.29, 1.82) is 0 Å². The molecule has 0 aliphatic rings. The Hall–Kier alpha value is -1.11. The topological polar surface area (TPSA) is 83.5 Å². The number of rotatable bonds is 4. The Morgan fingerprint density at radius 3 is 2.67 bits per heavy atom. The summed E-state index contributed by atoms with van der Waals surface area (Å²) in [6.45, 7) is 3.00. The van der Waals surface area contributed by atoms with Crippen molar-refractivity contribution in [2.45, 2.75) is 26.1 Å². The van der Waals surface area contributed by atoms with E-state index >= 15 is 0 Å². The number of hydrogen-bond acceptors (Lipinski definition) is 5. The van der Waals surface area contributed by atoms with Crippen LogP contribution in [0.2, 0.25) is 0 Å². The highest BCUT2D eigenvalue weighted by Crippen LogP contribution is 2.26. The van der Waals surface area contributed by atoms with E-state index in [-0.39, 0.29) is 16.4 Å². The van der Waals surface area contributed by atoms with Gasteiger partial charge in [0.2, 0.25) is 0 Å². The first kappa shape index (κ1) is 14.9. The molecule has 6 heteroatoms. The standard InChI is InChI=1S/C12H16FNO3S/c1-6-3-9(13)8(4-10(6)14)12(17)11(16)5-18-7(2)15/h3-4,11-12,16-17H,5,14H2,1-2H3. The Kier molecular flexibility index (Phi) is 5.13. The van der Waals surface area contributed by atoms with Crippen molar-refractivity contribution in [1.82, 2.24) is 0 Å². The average Bonchev–Trinajstić information content (AvgIpc) is 2.29. The van der Waals surface area contributed by atoms with Gasteiger partial charge in [0.05, 0.1) is 6.10 Å². The smallest absolute Gasteiger partial charge is 0.185 e. The van der Waals surface area contributed by atoms with Crippen LogP contribution < -0.4 is 5.73 Å². The SMILES string of the molecule is CC(=O)SCC(O)C(O)c1cc(N)c(C)cc1F. The van der Waals surface area contributed by atoms with Crippen molar-refractivity contribution >= 4 is 22.6 Å². The number of aryl methyl sites for hydroxylation is 1. The summed E-state index contributed by atoms with van der Waals surface area (Å²) < 4.78 is 13.6. The minimum Gasteiger partial charge on any atom is -0.399 e. The summed E-state index contributed by atoms with van der Waals surface area (Å²) in [5, 5.41) is 19.3. The molecule has 0 aromatic heterocycles. The number of benzene rings is 1. The number of carbonyl (C=O) groups is 1. The lowest BCUT2D eigenvalue weighted by Gasteiger charge is -2.18. The summed E-state index contributed by atoms with van der Waals surface area (Å²) in [6.07, 6.45) is -2.63. The van der Waals surface area contributed by atoms with Crippen molar-refractivity contribution in [3.63, 3.8) is 0 Å². The van der Waals surface area contributed by atoms with Crippen LogP contribution in [0.5, 0.6) is 0 Å². The first-order valence-electron chi connectivity index (χ1n) is 5.38. The minimum absolute atomic E-state index is 0.00369. The number of nitrogen functional groups attached to an aromatic ring is 1. The Labute approximate surface area is 109 Å². The molecule has 0 spiro atoms. The van der Waals surface area contributed by atoms with E-state index in [0.717, 1.165) is 11.8 Å². The second-order valence-electron chi connectivity index (χ2n) is 4.05. The van der Waals surface area contributed by atoms with Crippen LogP contribution in [-0.4, -0.2) is 27.2 Å². The molecule has 0 saturated carbocycles. The van der Waals surface area contributed by atoms with Crippen LogP contribution in [0.3, 0.4) is 0 Å². The van der Waals surface area contributed by atoms with Gasteiger partial charge in [0, 0.05) is 23.9 Å². The molecule has 1 aromatic rings. The predicted molar refractivity (Wildman–Crippen MR) is 69.7 cm³/mol. The maximum Gasteiger partial charge on any atom is 0.185 e. The quantitative estimate of drug-likeness (QED) is 0.722. The predicted octanol–water partition coefficient (Wildman–Crippen LogP) is 1.39. The number of anilines is 1. The number of carbonyl (C=O) groups excluding carboxylic acids is 1. The lowest BCUT2D eigenvalue weighted by atomic mass is 10.0. The highest BCUT2D eigenvalue weighted by Gasteiger charge is 2.22. The van der Waals surface area contributed by atoms with Gasteiger partial charge in [-0.2, -0.15) is 0 Å². The van der Waals surface area contributed by atoms with E-state index in [9.17, 15) is 19.4 Å². The molecule has 18 heavy (non-hydrogen) atoms. The van der Waals surface area contributed by atoms with E-state index in [1.807, 2.05) is 0 Å². The molecule has 0 fully saturated rings. The van der Waals surface area contributed by atoms with E-state index in [1.54, 1.807) is 6.92 Å². The van der Waals surface area contributed by atoms with Gasteiger partial charge >= 0.3 is 0 Å². The van der Waals surface area contributed by atoms with E-state index in [1.165, 1.54) is 19.1 Å². The van der Waals surface area contributed by atoms with Crippen LogP contribution in [0.15, 0.2) is 12.1 Å². The maximum atomic E-state index is 13.6. The fourth-order valence-corrected chi connectivity index (χ4v) is 2.02. The number of thioether (sulfide) groups is 1. The Morgan fingerprint density at radius 2 is 2.11 bits per heavy atom. The van der Waals surface area contributed by atoms with Crippen LogP contribution in [0, 0.1) is 12.7 Å². The molecule has 1 aromatic carbocycles. The number of nitrogens with two attached hydrogens (primary N) is 1. The molecule has 0 heterocycles. The molecule has 0 bridgehead atoms. The second-order valence-corrected chi connectivity index (χ2v) is 5.24. The summed E-state index contributed by atoms with van der Waals surface area (Å²) in [4.78, 5) is 10.7. The molecule has 2 atom stereocenters. The molecule has 1 rings (SSSR count). The fourth-order valence-electron chi connectivity index (χ4n) is 1.43. The number of aliphatic hydroxyl groups is 2. The van der Waals surface area contributed by atoms with Crippen LogP contribution in [-0.2, 0) is 4.79 Å². The number of hydrogen-bond donors (Lipinski definition) is 3. The molecule has 0 saturated heterocycles. The van der Waals surface area contributed by atoms with E-state index < -0.39 is 18.0 Å². The molecule has 0 radical (unpaired) electrons. The summed E-state index contributed by atoms with van der Waals surface area (Å²) in [5.74, 6) is -0.620. The molecular weight excluding hydrogens is 257 g/mol. The lowest BCUT2D eigenvalue weighted by molar-refractivity contribution is -0.109. The van der Waals surface area contributed by atoms with Crippen LogP contribution in [0.4, 0.5) is 10.1 Å². The average molecular weight is 273 g/mol. The van der Waals surface area contributed by atoms with Gasteiger partial charge in [0.15, 0.2) is 5.12 Å². The number of aliphatic hydroxyl groups excluding tert-OH is 2. The van der Waals surface area contributed by atoms with Gasteiger partial charge in [-0.1, -0.05) is 11.8 Å². The van der Waals surface area contributed by atoms with E-state index in [4.69, 9.17) is 5.73 Å². The van der Waals surface area contributed by atoms with Crippen LogP contribution >= 0.6 is 11.8 Å². The van der Waals surface area contributed by atoms with Crippen molar-refractivity contribution < 1.29 is 19.4 Å². The molecule has 0 aliphatic heterocycles. The largest absolute Gasteiger partial charge is 0.399 e. The van der Waals surface area contributed by atoms with Crippen LogP contribution in [0.1, 0.15) is 24.2 Å². The highest BCUT2D eigenvalue weighted by molar-refractivity contribution is 8.13. The molecule has 2 unspecified atom stereocenters. The zero-order valence-electron chi connectivity index (χ0n) is 10.2. The van der Waals surface area contributed by atoms with Crippen molar-refractivity contribution in [2.24, 2.45) is 0 Å². The van der Waals surface area contributed by atoms with Crippen LogP contribution in [0.25, 0.3) is 0 Å². The summed E-state index contributed by atoms with van der Waals surface area (Å²) >= 11 is 0.873. The Bertz CT molecular complexity index is 453. The van der Waals surface area contributed by atoms with E-state index in [0.29, 0.717) is 11.3 Å². The highest BCUT2D eigenvalue weighted by atomic mass is 32.2. The molecule has 0 aliphatic carbocycles. The molecule has 0 amide bonds. The third kappa shape index (κ3) is 3.69. The molecule has 100 valence electrons. The van der Waals surface area contributed by atoms with Gasteiger partial charge in [-0.05, 0) is 24.6 Å². The summed E-state index contributed by atoms with van der Waals surface area (Å²) in [6, 6.07) is 2.51. The van der Waals surface area contributed by atoms with Crippen molar-refractivity contribution in [3.8, 4) is 0 Å². The lowest BCUT2D eigenvalue weighted by Crippen LogP contribution is -2.22. The molecule has 4 N–H and O–H groups in total. The van der Waals surface area contributed by atoms with E-state index in [2.05, 4.69) is 0 Å². The maximum absolute atomic E-state index is 13.6. The Balaban J connectivity index is 2.86.